The minimum Gasteiger partial charge on any atom is -0.310 e. The van der Waals surface area contributed by atoms with Crippen molar-refractivity contribution in [3.8, 4) is 44.5 Å². The summed E-state index contributed by atoms with van der Waals surface area (Å²) in [6.07, 6.45) is 8.67. The van der Waals surface area contributed by atoms with Gasteiger partial charge in [-0.1, -0.05) is 166 Å². The maximum absolute atomic E-state index is 2.57. The fourth-order valence-corrected chi connectivity index (χ4v) is 14.9. The van der Waals surface area contributed by atoms with Crippen LogP contribution in [0.2, 0.25) is 0 Å². The van der Waals surface area contributed by atoms with Crippen LogP contribution in [0.15, 0.2) is 182 Å². The van der Waals surface area contributed by atoms with Crippen molar-refractivity contribution in [1.82, 2.24) is 0 Å². The number of benzene rings is 8. The molecule has 0 amide bonds. The van der Waals surface area contributed by atoms with Crippen LogP contribution in [0.1, 0.15) is 91.3 Å². The van der Waals surface area contributed by atoms with Crippen LogP contribution in [0.4, 0.5) is 17.1 Å². The van der Waals surface area contributed by atoms with Crippen molar-refractivity contribution in [3.05, 3.63) is 221 Å². The number of hydrogen-bond donors (Lipinski definition) is 0. The molecule has 0 N–H and O–H groups in total. The van der Waals surface area contributed by atoms with Crippen molar-refractivity contribution in [2.24, 2.45) is 17.8 Å². The van der Waals surface area contributed by atoms with Gasteiger partial charge in [-0.3, -0.25) is 0 Å². The number of fused-ring (bicyclic) bond motifs is 13. The quantitative estimate of drug-likeness (QED) is 0.167. The first-order chi connectivity index (χ1) is 30.9. The molecule has 4 bridgehead atoms. The molecule has 7 aliphatic rings. The summed E-state index contributed by atoms with van der Waals surface area (Å²) >= 11 is 0. The molecule has 0 atom stereocenters. The van der Waals surface area contributed by atoms with E-state index in [2.05, 4.69) is 201 Å². The Morgan fingerprint density at radius 2 is 0.841 bits per heavy atom. The van der Waals surface area contributed by atoms with Gasteiger partial charge >= 0.3 is 0 Å². The number of anilines is 3. The molecule has 304 valence electrons. The normalized spacial score (nSPS) is 22.9. The second kappa shape index (κ2) is 12.8. The zero-order chi connectivity index (χ0) is 41.7. The van der Waals surface area contributed by atoms with Crippen LogP contribution in [0.5, 0.6) is 0 Å². The number of nitrogens with zero attached hydrogens (tertiary/aromatic N) is 1. The van der Waals surface area contributed by atoms with Gasteiger partial charge in [-0.25, -0.2) is 0 Å². The first-order valence-electron chi connectivity index (χ1n) is 23.6. The van der Waals surface area contributed by atoms with E-state index in [9.17, 15) is 0 Å². The zero-order valence-corrected chi connectivity index (χ0v) is 36.2. The molecule has 7 aliphatic carbocycles. The van der Waals surface area contributed by atoms with Gasteiger partial charge in [-0.15, -0.1) is 0 Å². The fourth-order valence-electron chi connectivity index (χ4n) is 14.9. The van der Waals surface area contributed by atoms with Gasteiger partial charge in [0.05, 0.1) is 11.1 Å². The average molecular weight is 810 g/mol. The van der Waals surface area contributed by atoms with Gasteiger partial charge in [0.2, 0.25) is 0 Å². The molecular formula is C62H51N. The molecule has 0 radical (unpaired) electrons. The number of hydrogen-bond acceptors (Lipinski definition) is 1. The van der Waals surface area contributed by atoms with Crippen molar-refractivity contribution < 1.29 is 0 Å². The predicted octanol–water partition coefficient (Wildman–Crippen LogP) is 15.9. The van der Waals surface area contributed by atoms with E-state index in [0.717, 1.165) is 17.8 Å². The number of rotatable bonds is 5. The summed E-state index contributed by atoms with van der Waals surface area (Å²) < 4.78 is 0. The monoisotopic (exact) mass is 809 g/mol. The zero-order valence-electron chi connectivity index (χ0n) is 36.2. The van der Waals surface area contributed by atoms with Crippen LogP contribution in [0, 0.1) is 17.8 Å². The SMILES string of the molecule is CC1(C)c2ccccc2-c2cccc(N(c3ccc(-c4ccc(C56CC7CC(CC(C7)C5)C6)cc4)cc3)c3ccc4c(c3)C3(c5ccccc5-c5ccccc53)c3ccccc3-4)c21. The second-order valence-corrected chi connectivity index (χ2v) is 20.6. The molecule has 1 nitrogen and oxygen atoms in total. The van der Waals surface area contributed by atoms with E-state index in [0.29, 0.717) is 5.41 Å². The Balaban J connectivity index is 0.934. The summed E-state index contributed by atoms with van der Waals surface area (Å²) in [5.41, 5.74) is 23.8. The predicted molar refractivity (Wildman–Crippen MR) is 260 cm³/mol. The Bertz CT molecular complexity index is 3080. The highest BCUT2D eigenvalue weighted by Crippen LogP contribution is 2.64. The summed E-state index contributed by atoms with van der Waals surface area (Å²) in [5, 5.41) is 0. The smallest absolute Gasteiger partial charge is 0.0726 e. The van der Waals surface area contributed by atoms with E-state index < -0.39 is 5.41 Å². The summed E-state index contributed by atoms with van der Waals surface area (Å²) in [7, 11) is 0. The summed E-state index contributed by atoms with van der Waals surface area (Å²) in [5.74, 6) is 2.86. The van der Waals surface area contributed by atoms with E-state index in [4.69, 9.17) is 0 Å². The van der Waals surface area contributed by atoms with E-state index >= 15 is 0 Å². The standard InChI is InChI=1S/C62H51N/c1-60(2)53-17-7-3-15-50(53)52-16-11-21-58(59(52)60)63(45-28-24-43(25-29-45)42-22-26-44(27-23-42)61-36-39-32-40(37-61)34-41(33-39)38-61)46-30-31-51-49-14-6-10-20-56(49)62(57(51)35-46)54-18-8-4-12-47(54)48-13-5-9-19-55(48)62/h3-31,35,39-41H,32-34,36-38H2,1-2H3. The van der Waals surface area contributed by atoms with Crippen LogP contribution in [-0.4, -0.2) is 0 Å². The topological polar surface area (TPSA) is 3.24 Å². The lowest BCUT2D eigenvalue weighted by Crippen LogP contribution is -2.48. The van der Waals surface area contributed by atoms with Gasteiger partial charge in [0.1, 0.15) is 0 Å². The molecule has 1 spiro atoms. The Hall–Kier alpha value is -6.44. The van der Waals surface area contributed by atoms with Crippen molar-refractivity contribution in [2.75, 3.05) is 4.90 Å². The molecule has 0 unspecified atom stereocenters. The molecule has 4 fully saturated rings. The van der Waals surface area contributed by atoms with Crippen LogP contribution in [0.25, 0.3) is 44.5 Å². The third-order valence-corrected chi connectivity index (χ3v) is 17.0. The average Bonchev–Trinajstić information content (AvgIpc) is 3.88. The lowest BCUT2D eigenvalue weighted by atomic mass is 9.48. The highest BCUT2D eigenvalue weighted by molar-refractivity contribution is 5.97. The van der Waals surface area contributed by atoms with Crippen molar-refractivity contribution >= 4 is 17.1 Å². The Kier molecular flexibility index (Phi) is 7.35. The molecule has 0 heterocycles. The van der Waals surface area contributed by atoms with Crippen LogP contribution < -0.4 is 4.90 Å². The molecule has 8 aromatic carbocycles. The molecular weight excluding hydrogens is 759 g/mol. The third kappa shape index (κ3) is 4.84. The van der Waals surface area contributed by atoms with Crippen LogP contribution >= 0.6 is 0 Å². The van der Waals surface area contributed by atoms with Crippen LogP contribution in [-0.2, 0) is 16.2 Å². The van der Waals surface area contributed by atoms with Crippen molar-refractivity contribution in [3.63, 3.8) is 0 Å². The lowest BCUT2D eigenvalue weighted by molar-refractivity contribution is -0.00518. The van der Waals surface area contributed by atoms with Crippen molar-refractivity contribution in [2.45, 2.75) is 68.6 Å². The van der Waals surface area contributed by atoms with Crippen molar-refractivity contribution in [1.29, 1.82) is 0 Å². The van der Waals surface area contributed by atoms with E-state index in [-0.39, 0.29) is 5.41 Å². The molecule has 63 heavy (non-hydrogen) atoms. The molecule has 0 aliphatic heterocycles. The van der Waals surface area contributed by atoms with Gasteiger partial charge < -0.3 is 4.90 Å². The highest BCUT2D eigenvalue weighted by atomic mass is 15.1. The highest BCUT2D eigenvalue weighted by Gasteiger charge is 2.53. The maximum atomic E-state index is 2.57. The largest absolute Gasteiger partial charge is 0.310 e. The van der Waals surface area contributed by atoms with Gasteiger partial charge in [0.25, 0.3) is 0 Å². The third-order valence-electron chi connectivity index (χ3n) is 17.0. The Labute approximate surface area is 372 Å². The maximum Gasteiger partial charge on any atom is 0.0726 e. The lowest BCUT2D eigenvalue weighted by Gasteiger charge is -2.57. The van der Waals surface area contributed by atoms with E-state index in [1.807, 2.05) is 0 Å². The molecule has 1 heteroatoms. The van der Waals surface area contributed by atoms with E-state index in [1.54, 1.807) is 5.56 Å². The van der Waals surface area contributed by atoms with Gasteiger partial charge in [0.15, 0.2) is 0 Å². The first kappa shape index (κ1) is 36.1. The molecule has 0 saturated heterocycles. The van der Waals surface area contributed by atoms with Crippen LogP contribution in [0.3, 0.4) is 0 Å². The van der Waals surface area contributed by atoms with Gasteiger partial charge in [0, 0.05) is 16.8 Å². The summed E-state index contributed by atoms with van der Waals surface area (Å²) in [4.78, 5) is 2.57. The minimum atomic E-state index is -0.416. The Morgan fingerprint density at radius 3 is 1.40 bits per heavy atom. The molecule has 8 aromatic rings. The molecule has 4 saturated carbocycles. The van der Waals surface area contributed by atoms with Gasteiger partial charge in [-0.2, -0.15) is 0 Å². The molecule has 15 rings (SSSR count). The summed E-state index contributed by atoms with van der Waals surface area (Å²) in [6.45, 7) is 4.83. The minimum absolute atomic E-state index is 0.184. The van der Waals surface area contributed by atoms with E-state index in [1.165, 1.54) is 133 Å². The first-order valence-corrected chi connectivity index (χ1v) is 23.6. The second-order valence-electron chi connectivity index (χ2n) is 20.6. The summed E-state index contributed by atoms with van der Waals surface area (Å²) in [6, 6.07) is 70.0. The molecule has 0 aromatic heterocycles. The Morgan fingerprint density at radius 1 is 0.397 bits per heavy atom. The fraction of sp³-hybridized carbons (Fsp3) is 0.226. The van der Waals surface area contributed by atoms with Gasteiger partial charge in [-0.05, 0) is 175 Å².